The highest BCUT2D eigenvalue weighted by molar-refractivity contribution is 7.91. The van der Waals surface area contributed by atoms with Gasteiger partial charge in [-0.3, -0.25) is 19.3 Å². The predicted octanol–water partition coefficient (Wildman–Crippen LogP) is 5.49. The number of aromatic amines is 1. The smallest absolute Gasteiger partial charge is 0.233 e. The Morgan fingerprint density at radius 3 is 2.08 bits per heavy atom. The van der Waals surface area contributed by atoms with Crippen molar-refractivity contribution in [3.63, 3.8) is 0 Å². The molecule has 0 atom stereocenters. The highest BCUT2D eigenvalue weighted by Gasteiger charge is 2.47. The number of amides is 2. The molecule has 258 valence electrons. The molecule has 1 aromatic carbocycles. The van der Waals surface area contributed by atoms with E-state index in [9.17, 15) is 22.8 Å². The van der Waals surface area contributed by atoms with Crippen molar-refractivity contribution in [1.82, 2.24) is 19.7 Å². The number of carbonyl (C=O) groups excluding carboxylic acids is 3. The van der Waals surface area contributed by atoms with Gasteiger partial charge < -0.3 is 14.8 Å². The molecule has 3 aromatic rings. The third kappa shape index (κ3) is 6.38. The zero-order valence-corrected chi connectivity index (χ0v) is 30.3. The molecule has 2 amide bonds. The number of sulfone groups is 1. The molecule has 0 saturated carbocycles. The number of carbonyl (C=O) groups is 3. The number of hydrogen-bond donors (Lipinski definition) is 1. The summed E-state index contributed by atoms with van der Waals surface area (Å²) in [7, 11) is -3.03. The number of fused-ring (bicyclic) bond motifs is 3. The summed E-state index contributed by atoms with van der Waals surface area (Å²) in [5, 5.41) is 0.892. The first-order chi connectivity index (χ1) is 22.8. The quantitative estimate of drug-likeness (QED) is 0.313. The molecule has 7 rings (SSSR count). The SMILES string of the molecule is Cc1cc(C)cc(-c2[nH]c3sc(C(C)(C)C(=O)N4C5CCC4CC5)cc3c2C(=O)CN2CCC(CC(=O)N3CCS(=O)(=O)CC3)CC2)c1. The lowest BCUT2D eigenvalue weighted by Crippen LogP contribution is -2.45. The third-order valence-corrected chi connectivity index (χ3v) is 14.3. The van der Waals surface area contributed by atoms with Crippen LogP contribution in [-0.2, 0) is 24.8 Å². The lowest BCUT2D eigenvalue weighted by molar-refractivity contribution is -0.137. The number of rotatable bonds is 8. The first kappa shape index (κ1) is 33.5. The topological polar surface area (TPSA) is 111 Å². The van der Waals surface area contributed by atoms with Gasteiger partial charge in [-0.15, -0.1) is 11.3 Å². The van der Waals surface area contributed by atoms with E-state index in [1.54, 1.807) is 16.2 Å². The van der Waals surface area contributed by atoms with Gasteiger partial charge >= 0.3 is 0 Å². The van der Waals surface area contributed by atoms with Crippen molar-refractivity contribution < 1.29 is 22.8 Å². The molecular formula is C37H48N4O5S2. The molecule has 0 radical (unpaired) electrons. The molecule has 4 aliphatic rings. The van der Waals surface area contributed by atoms with Crippen LogP contribution in [0.1, 0.15) is 85.2 Å². The van der Waals surface area contributed by atoms with Crippen molar-refractivity contribution in [2.24, 2.45) is 5.92 Å². The van der Waals surface area contributed by atoms with E-state index >= 15 is 0 Å². The molecule has 2 bridgehead atoms. The van der Waals surface area contributed by atoms with E-state index < -0.39 is 15.3 Å². The minimum atomic E-state index is -3.03. The van der Waals surface area contributed by atoms with E-state index in [1.165, 1.54) is 0 Å². The third-order valence-electron chi connectivity index (χ3n) is 11.4. The lowest BCUT2D eigenvalue weighted by atomic mass is 9.88. The Kier molecular flexibility index (Phi) is 8.86. The molecule has 2 aromatic heterocycles. The number of piperidine rings is 1. The zero-order valence-electron chi connectivity index (χ0n) is 28.6. The Morgan fingerprint density at radius 2 is 1.48 bits per heavy atom. The molecule has 9 nitrogen and oxygen atoms in total. The normalized spacial score (nSPS) is 23.3. The van der Waals surface area contributed by atoms with Gasteiger partial charge in [-0.25, -0.2) is 8.42 Å². The number of aryl methyl sites for hydroxylation is 2. The number of hydrogen-bond acceptors (Lipinski definition) is 7. The fraction of sp³-hybridized carbons (Fsp3) is 0.595. The summed E-state index contributed by atoms with van der Waals surface area (Å²) in [6.07, 6.45) is 6.51. The largest absolute Gasteiger partial charge is 0.346 e. The fourth-order valence-corrected chi connectivity index (χ4v) is 10.9. The predicted molar refractivity (Wildman–Crippen MR) is 190 cm³/mol. The van der Waals surface area contributed by atoms with Crippen LogP contribution >= 0.6 is 11.3 Å². The Hall–Kier alpha value is -3.02. The maximum Gasteiger partial charge on any atom is 0.233 e. The molecular weight excluding hydrogens is 645 g/mol. The molecule has 4 saturated heterocycles. The van der Waals surface area contributed by atoms with E-state index in [0.717, 1.165) is 89.1 Å². The van der Waals surface area contributed by atoms with Gasteiger partial charge in [0.25, 0.3) is 0 Å². The van der Waals surface area contributed by atoms with Crippen LogP contribution in [0.15, 0.2) is 24.3 Å². The minimum absolute atomic E-state index is 0.0410. The summed E-state index contributed by atoms with van der Waals surface area (Å²) in [6, 6.07) is 9.20. The van der Waals surface area contributed by atoms with Gasteiger partial charge in [0.2, 0.25) is 11.8 Å². The van der Waals surface area contributed by atoms with Crippen LogP contribution in [-0.4, -0.2) is 102 Å². The second-order valence-corrected chi connectivity index (χ2v) is 18.6. The van der Waals surface area contributed by atoms with Crippen LogP contribution < -0.4 is 0 Å². The molecule has 48 heavy (non-hydrogen) atoms. The lowest BCUT2D eigenvalue weighted by Gasteiger charge is -2.33. The summed E-state index contributed by atoms with van der Waals surface area (Å²) >= 11 is 1.60. The number of likely N-dealkylation sites (tertiary alicyclic amines) is 1. The van der Waals surface area contributed by atoms with Gasteiger partial charge in [-0.1, -0.05) is 17.2 Å². The molecule has 0 spiro atoms. The fourth-order valence-electron chi connectivity index (χ4n) is 8.55. The van der Waals surface area contributed by atoms with Gasteiger partial charge in [0.05, 0.1) is 34.7 Å². The minimum Gasteiger partial charge on any atom is -0.346 e. The van der Waals surface area contributed by atoms with Gasteiger partial charge in [-0.05, 0) is 109 Å². The first-order valence-electron chi connectivity index (χ1n) is 17.6. The first-order valence-corrected chi connectivity index (χ1v) is 20.2. The second kappa shape index (κ2) is 12.7. The number of nitrogens with zero attached hydrogens (tertiary/aromatic N) is 3. The van der Waals surface area contributed by atoms with Crippen molar-refractivity contribution in [1.29, 1.82) is 0 Å². The van der Waals surface area contributed by atoms with E-state index in [2.05, 4.69) is 52.9 Å². The van der Waals surface area contributed by atoms with Crippen LogP contribution in [0, 0.1) is 19.8 Å². The average Bonchev–Trinajstić information content (AvgIpc) is 3.81. The molecule has 1 N–H and O–H groups in total. The second-order valence-electron chi connectivity index (χ2n) is 15.3. The van der Waals surface area contributed by atoms with Gasteiger partial charge in [0.1, 0.15) is 4.83 Å². The highest BCUT2D eigenvalue weighted by Crippen LogP contribution is 2.44. The highest BCUT2D eigenvalue weighted by atomic mass is 32.2. The van der Waals surface area contributed by atoms with Crippen molar-refractivity contribution in [2.45, 2.75) is 90.1 Å². The maximum absolute atomic E-state index is 14.3. The van der Waals surface area contributed by atoms with E-state index in [-0.39, 0.29) is 48.1 Å². The number of benzene rings is 1. The van der Waals surface area contributed by atoms with Crippen LogP contribution in [0.3, 0.4) is 0 Å². The van der Waals surface area contributed by atoms with Crippen LogP contribution in [0.25, 0.3) is 21.5 Å². The molecule has 0 aliphatic carbocycles. The number of ketones is 1. The molecule has 0 unspecified atom stereocenters. The Labute approximate surface area is 288 Å². The van der Waals surface area contributed by atoms with Gasteiger partial charge in [0.15, 0.2) is 15.6 Å². The number of thiophene rings is 1. The summed E-state index contributed by atoms with van der Waals surface area (Å²) in [5.41, 5.74) is 4.11. The number of nitrogens with one attached hydrogen (secondary N) is 1. The van der Waals surface area contributed by atoms with E-state index in [1.807, 2.05) is 13.8 Å². The Balaban J connectivity index is 1.09. The van der Waals surface area contributed by atoms with Crippen molar-refractivity contribution >= 4 is 49.0 Å². The zero-order chi connectivity index (χ0) is 34.0. The molecule has 4 fully saturated rings. The van der Waals surface area contributed by atoms with Gasteiger partial charge in [0, 0.05) is 41.9 Å². The van der Waals surface area contributed by atoms with E-state index in [0.29, 0.717) is 30.6 Å². The van der Waals surface area contributed by atoms with Crippen molar-refractivity contribution in [3.05, 3.63) is 45.8 Å². The molecule has 4 aliphatic heterocycles. The summed E-state index contributed by atoms with van der Waals surface area (Å²) in [6.45, 7) is 10.6. The Bertz CT molecular complexity index is 1810. The number of aromatic nitrogens is 1. The molecule has 11 heteroatoms. The molecule has 6 heterocycles. The van der Waals surface area contributed by atoms with Gasteiger partial charge in [-0.2, -0.15) is 0 Å². The monoisotopic (exact) mass is 692 g/mol. The van der Waals surface area contributed by atoms with E-state index in [4.69, 9.17) is 0 Å². The summed E-state index contributed by atoms with van der Waals surface area (Å²) in [5.74, 6) is 0.635. The maximum atomic E-state index is 14.3. The average molecular weight is 693 g/mol. The summed E-state index contributed by atoms with van der Waals surface area (Å²) in [4.78, 5) is 52.8. The van der Waals surface area contributed by atoms with Crippen LogP contribution in [0.4, 0.5) is 0 Å². The summed E-state index contributed by atoms with van der Waals surface area (Å²) < 4.78 is 23.6. The Morgan fingerprint density at radius 1 is 0.875 bits per heavy atom. The van der Waals surface area contributed by atoms with Crippen molar-refractivity contribution in [2.75, 3.05) is 44.2 Å². The van der Waals surface area contributed by atoms with Crippen LogP contribution in [0.5, 0.6) is 0 Å². The number of H-pyrrole nitrogens is 1. The number of Topliss-reactive ketones (excluding diaryl/α,β-unsaturated/α-hetero) is 1. The van der Waals surface area contributed by atoms with Crippen molar-refractivity contribution in [3.8, 4) is 11.3 Å². The van der Waals surface area contributed by atoms with Crippen LogP contribution in [0.2, 0.25) is 0 Å². The standard InChI is InChI=1S/C37H48N4O5S2/c1-23-17-24(2)19-26(18-23)34-33(29-21-31(47-35(29)38-34)37(3,4)36(44)41-27-5-6-28(41)8-7-27)30(42)22-39-11-9-25(10-12-39)20-32(43)40-13-15-48(45,46)16-14-40/h17-19,21,25,27-28,38H,5-16,20,22H2,1-4H3.